The molecule has 240 valence electrons. The molecule has 5 amide bonds. The second-order valence-electron chi connectivity index (χ2n) is 10.8. The molecule has 0 spiro atoms. The van der Waals surface area contributed by atoms with Gasteiger partial charge in [0.15, 0.2) is 0 Å². The van der Waals surface area contributed by atoms with Gasteiger partial charge in [0.05, 0.1) is 29.6 Å². The molecule has 4 N–H and O–H groups in total. The molecule has 2 aliphatic rings. The van der Waals surface area contributed by atoms with Crippen LogP contribution in [0, 0.1) is 10.1 Å². The van der Waals surface area contributed by atoms with Crippen molar-refractivity contribution in [2.45, 2.75) is 44.1 Å². The maximum absolute atomic E-state index is 13.5. The van der Waals surface area contributed by atoms with Crippen LogP contribution < -0.4 is 10.8 Å². The number of nitro groups is 1. The molecule has 4 rings (SSSR count). The van der Waals surface area contributed by atoms with Crippen molar-refractivity contribution in [3.05, 3.63) is 87.1 Å². The van der Waals surface area contributed by atoms with Gasteiger partial charge in [0, 0.05) is 17.8 Å². The van der Waals surface area contributed by atoms with E-state index in [1.807, 2.05) is 30.3 Å². The molecule has 1 saturated heterocycles. The van der Waals surface area contributed by atoms with Crippen LogP contribution in [0.1, 0.15) is 49.8 Å². The number of likely N-dealkylation sites (tertiary alicyclic amines) is 1. The number of allylic oxidation sites excluding steroid dienone is 1. The van der Waals surface area contributed by atoms with Crippen LogP contribution in [0.25, 0.3) is 0 Å². The van der Waals surface area contributed by atoms with E-state index in [9.17, 15) is 39.7 Å². The van der Waals surface area contributed by atoms with Gasteiger partial charge in [-0.2, -0.15) is 0 Å². The number of non-ortho nitro benzene ring substituents is 1. The number of piperidine rings is 1. The Morgan fingerprint density at radius 3 is 2.33 bits per heavy atom. The van der Waals surface area contributed by atoms with Gasteiger partial charge in [-0.3, -0.25) is 30.1 Å². The predicted molar refractivity (Wildman–Crippen MR) is 158 cm³/mol. The van der Waals surface area contributed by atoms with Crippen LogP contribution in [0.5, 0.6) is 0 Å². The molecule has 15 heteroatoms. The van der Waals surface area contributed by atoms with Crippen molar-refractivity contribution in [3.8, 4) is 0 Å². The van der Waals surface area contributed by atoms with Gasteiger partial charge in [0.1, 0.15) is 6.04 Å². The fourth-order valence-electron chi connectivity index (χ4n) is 5.95. The van der Waals surface area contributed by atoms with E-state index >= 15 is 0 Å². The van der Waals surface area contributed by atoms with E-state index in [0.717, 1.165) is 17.7 Å². The summed E-state index contributed by atoms with van der Waals surface area (Å²) < 4.78 is 5.14. The molecule has 0 aliphatic carbocycles. The number of hydrogen-bond acceptors (Lipinski definition) is 10. The second-order valence-corrected chi connectivity index (χ2v) is 10.8. The summed E-state index contributed by atoms with van der Waals surface area (Å²) in [5, 5.41) is 34.2. The number of esters is 1. The highest BCUT2D eigenvalue weighted by Gasteiger charge is 2.45. The summed E-state index contributed by atoms with van der Waals surface area (Å²) in [6, 6.07) is 10.9. The maximum Gasteiger partial charge on any atom is 0.352 e. The van der Waals surface area contributed by atoms with Crippen LogP contribution in [-0.4, -0.2) is 87.4 Å². The minimum absolute atomic E-state index is 0.132. The highest BCUT2D eigenvalue weighted by Crippen LogP contribution is 2.38. The number of hydrogen-bond donors (Lipinski definition) is 4. The summed E-state index contributed by atoms with van der Waals surface area (Å²) in [4.78, 5) is 65.6. The van der Waals surface area contributed by atoms with Gasteiger partial charge in [-0.1, -0.05) is 37.3 Å². The number of nitro benzene ring substituents is 1. The summed E-state index contributed by atoms with van der Waals surface area (Å²) in [5.41, 5.74) is 1.53. The number of carbonyl (C=O) groups is 4. The molecule has 1 unspecified atom stereocenters. The number of nitrogens with one attached hydrogen (secondary N) is 2. The van der Waals surface area contributed by atoms with E-state index < -0.39 is 34.3 Å². The van der Waals surface area contributed by atoms with Crippen molar-refractivity contribution in [3.63, 3.8) is 0 Å². The van der Waals surface area contributed by atoms with Crippen molar-refractivity contribution in [1.82, 2.24) is 25.7 Å². The Labute approximate surface area is 259 Å². The van der Waals surface area contributed by atoms with E-state index in [1.54, 1.807) is 6.92 Å². The average Bonchev–Trinajstić information content (AvgIpc) is 3.07. The normalized spacial score (nSPS) is 18.2. The first-order valence-corrected chi connectivity index (χ1v) is 14.5. The third-order valence-electron chi connectivity index (χ3n) is 8.34. The van der Waals surface area contributed by atoms with E-state index in [2.05, 4.69) is 10.2 Å². The zero-order valence-electron chi connectivity index (χ0n) is 25.0. The largest absolute Gasteiger partial charge is 0.468 e. The molecule has 0 bridgehead atoms. The number of hydroxylamine groups is 3. The first-order valence-electron chi connectivity index (χ1n) is 14.5. The average molecular weight is 625 g/mol. The molecule has 0 saturated carbocycles. The summed E-state index contributed by atoms with van der Waals surface area (Å²) in [7, 11) is 1.37. The van der Waals surface area contributed by atoms with Crippen LogP contribution in [0.15, 0.2) is 65.9 Å². The Balaban J connectivity index is 1.47. The molecule has 2 aromatic carbocycles. The summed E-state index contributed by atoms with van der Waals surface area (Å²) >= 11 is 0. The van der Waals surface area contributed by atoms with Crippen LogP contribution in [0.3, 0.4) is 0 Å². The highest BCUT2D eigenvalue weighted by atomic mass is 16.6. The number of methoxy groups -OCH3 is 1. The van der Waals surface area contributed by atoms with Crippen molar-refractivity contribution in [2.75, 3.05) is 33.3 Å². The first-order chi connectivity index (χ1) is 21.6. The zero-order chi connectivity index (χ0) is 32.7. The molecular weight excluding hydrogens is 588 g/mol. The lowest BCUT2D eigenvalue weighted by atomic mass is 9.72. The number of benzene rings is 2. The lowest BCUT2D eigenvalue weighted by Gasteiger charge is -2.40. The standard InChI is InChI=1S/C30H36N6O9/c1-3-23-24(26(37)32-41)25(20-10-12-22(13-11-20)36(43)44)35(28(39)31-23)29(40)34(42)17-7-16-33-18-14-30(15-19-33,27(38)45-2)21-8-5-4-6-9-21/h4-6,8-13,25,41-42H,3,7,14-19H2,1-2H3,(H,31,39)(H,32,37). The van der Waals surface area contributed by atoms with Gasteiger partial charge < -0.3 is 15.0 Å². The van der Waals surface area contributed by atoms with E-state index in [0.29, 0.717) is 48.9 Å². The third-order valence-corrected chi connectivity index (χ3v) is 8.34. The fraction of sp³-hybridized carbons (Fsp3) is 0.400. The number of amides is 5. The minimum atomic E-state index is -1.41. The molecule has 1 fully saturated rings. The molecule has 0 radical (unpaired) electrons. The van der Waals surface area contributed by atoms with Gasteiger partial charge in [-0.05, 0) is 68.6 Å². The van der Waals surface area contributed by atoms with Crippen molar-refractivity contribution in [1.29, 1.82) is 0 Å². The van der Waals surface area contributed by atoms with Gasteiger partial charge in [0.2, 0.25) is 0 Å². The van der Waals surface area contributed by atoms with Crippen LogP contribution in [-0.2, 0) is 19.7 Å². The maximum atomic E-state index is 13.5. The highest BCUT2D eigenvalue weighted by molar-refractivity contribution is 6.03. The number of rotatable bonds is 10. The monoisotopic (exact) mass is 624 g/mol. The SMILES string of the molecule is CCC1=C(C(=O)NO)C(c2ccc([N+](=O)[O-])cc2)N(C(=O)N(O)CCCN2CCC(C(=O)OC)(c3ccccc3)CC2)C(=O)N1. The summed E-state index contributed by atoms with van der Waals surface area (Å²) in [6.07, 6.45) is 1.52. The lowest BCUT2D eigenvalue weighted by molar-refractivity contribution is -0.384. The van der Waals surface area contributed by atoms with Crippen molar-refractivity contribution in [2.24, 2.45) is 0 Å². The molecule has 15 nitrogen and oxygen atoms in total. The number of imide groups is 1. The Hall–Kier alpha value is -4.86. The molecule has 2 aromatic rings. The number of nitrogens with zero attached hydrogens (tertiary/aromatic N) is 4. The number of carbonyl (C=O) groups excluding carboxylic acids is 4. The zero-order valence-corrected chi connectivity index (χ0v) is 25.0. The Morgan fingerprint density at radius 1 is 1.13 bits per heavy atom. The van der Waals surface area contributed by atoms with Crippen LogP contribution in [0.4, 0.5) is 15.3 Å². The number of urea groups is 2. The van der Waals surface area contributed by atoms with E-state index in [4.69, 9.17) is 4.74 Å². The van der Waals surface area contributed by atoms with Crippen LogP contribution >= 0.6 is 0 Å². The summed E-state index contributed by atoms with van der Waals surface area (Å²) in [5.74, 6) is -1.29. The first kappa shape index (κ1) is 33.0. The molecular formula is C30H36N6O9. The molecule has 2 heterocycles. The minimum Gasteiger partial charge on any atom is -0.468 e. The smallest absolute Gasteiger partial charge is 0.352 e. The summed E-state index contributed by atoms with van der Waals surface area (Å²) in [6.45, 7) is 3.11. The Morgan fingerprint density at radius 2 is 1.78 bits per heavy atom. The number of ether oxygens (including phenoxy) is 1. The topological polar surface area (TPSA) is 195 Å². The van der Waals surface area contributed by atoms with Gasteiger partial charge in [-0.15, -0.1) is 0 Å². The molecule has 2 aliphatic heterocycles. The molecule has 1 atom stereocenters. The predicted octanol–water partition coefficient (Wildman–Crippen LogP) is 3.24. The van der Waals surface area contributed by atoms with Crippen molar-refractivity contribution < 1.29 is 39.3 Å². The Kier molecular flexibility index (Phi) is 10.5. The third kappa shape index (κ3) is 6.79. The van der Waals surface area contributed by atoms with Crippen LogP contribution in [0.2, 0.25) is 0 Å². The van der Waals surface area contributed by atoms with Crippen molar-refractivity contribution >= 4 is 29.6 Å². The Bertz CT molecular complexity index is 1460. The molecule has 0 aromatic heterocycles. The second kappa shape index (κ2) is 14.3. The quantitative estimate of drug-likeness (QED) is 0.132. The fourth-order valence-corrected chi connectivity index (χ4v) is 5.95. The molecule has 45 heavy (non-hydrogen) atoms. The van der Waals surface area contributed by atoms with E-state index in [1.165, 1.54) is 24.7 Å². The van der Waals surface area contributed by atoms with Gasteiger partial charge in [-0.25, -0.2) is 25.0 Å². The van der Waals surface area contributed by atoms with Gasteiger partial charge in [0.25, 0.3) is 11.6 Å². The van der Waals surface area contributed by atoms with Gasteiger partial charge >= 0.3 is 18.0 Å². The lowest BCUT2D eigenvalue weighted by Crippen LogP contribution is -2.55. The van der Waals surface area contributed by atoms with E-state index in [-0.39, 0.29) is 41.5 Å².